The van der Waals surface area contributed by atoms with Crippen molar-refractivity contribution in [1.29, 1.82) is 0 Å². The van der Waals surface area contributed by atoms with Crippen LogP contribution in [0.4, 0.5) is 10.1 Å². The molecule has 0 fully saturated rings. The van der Waals surface area contributed by atoms with E-state index in [0.717, 1.165) is 6.20 Å². The van der Waals surface area contributed by atoms with Crippen molar-refractivity contribution >= 4 is 28.8 Å². The molecule has 0 radical (unpaired) electrons. The van der Waals surface area contributed by atoms with E-state index in [1.807, 2.05) is 0 Å². The van der Waals surface area contributed by atoms with Crippen LogP contribution in [0.1, 0.15) is 5.56 Å². The summed E-state index contributed by atoms with van der Waals surface area (Å²) in [5, 5.41) is 2.39. The van der Waals surface area contributed by atoms with Gasteiger partial charge in [0.2, 0.25) is 0 Å². The number of hydrogen-bond acceptors (Lipinski definition) is 4. The number of rotatable bonds is 5. The summed E-state index contributed by atoms with van der Waals surface area (Å²) in [6.45, 7) is -0.290. The Morgan fingerprint density at radius 1 is 1.38 bits per heavy atom. The van der Waals surface area contributed by atoms with Gasteiger partial charge in [0.25, 0.3) is 5.91 Å². The third-order valence-electron chi connectivity index (χ3n) is 2.56. The summed E-state index contributed by atoms with van der Waals surface area (Å²) in [6, 6.07) is 8.19. The summed E-state index contributed by atoms with van der Waals surface area (Å²) in [4.78, 5) is 15.5. The molecule has 7 heteroatoms. The number of benzene rings is 1. The first-order valence-electron chi connectivity index (χ1n) is 5.99. The molecule has 1 amide bonds. The van der Waals surface area contributed by atoms with Crippen molar-refractivity contribution in [2.45, 2.75) is 0 Å². The Balaban J connectivity index is 1.99. The molecule has 1 aromatic heterocycles. The molecular formula is C14H12FN3O2S. The minimum absolute atomic E-state index is 0.0428. The Bertz CT molecular complexity index is 679. The number of para-hydroxylation sites is 1. The van der Waals surface area contributed by atoms with Crippen molar-refractivity contribution in [3.8, 4) is 5.75 Å². The maximum absolute atomic E-state index is 13.3. The lowest BCUT2D eigenvalue weighted by molar-refractivity contribution is -0.118. The fourth-order valence-electron chi connectivity index (χ4n) is 1.60. The number of carbonyl (C=O) groups excluding carboxylic acids is 1. The fraction of sp³-hybridized carbons (Fsp3) is 0.0714. The largest absolute Gasteiger partial charge is 0.483 e. The maximum Gasteiger partial charge on any atom is 0.262 e. The van der Waals surface area contributed by atoms with Crippen LogP contribution >= 0.6 is 12.2 Å². The molecule has 0 unspecified atom stereocenters. The minimum atomic E-state index is -0.616. The van der Waals surface area contributed by atoms with E-state index in [0.29, 0.717) is 11.3 Å². The average molecular weight is 305 g/mol. The number of carbonyl (C=O) groups is 1. The summed E-state index contributed by atoms with van der Waals surface area (Å²) in [5.41, 5.74) is 6.14. The molecule has 0 saturated carbocycles. The summed E-state index contributed by atoms with van der Waals surface area (Å²) in [7, 11) is 0. The van der Waals surface area contributed by atoms with Crippen LogP contribution in [0.25, 0.3) is 0 Å². The van der Waals surface area contributed by atoms with Crippen LogP contribution in [0.3, 0.4) is 0 Å². The van der Waals surface area contributed by atoms with E-state index in [-0.39, 0.29) is 17.3 Å². The van der Waals surface area contributed by atoms with Crippen LogP contribution in [-0.2, 0) is 4.79 Å². The smallest absolute Gasteiger partial charge is 0.262 e. The molecule has 0 aliphatic carbocycles. The molecule has 5 nitrogen and oxygen atoms in total. The van der Waals surface area contributed by atoms with E-state index in [9.17, 15) is 9.18 Å². The van der Waals surface area contributed by atoms with Gasteiger partial charge in [0, 0.05) is 6.20 Å². The Labute approximate surface area is 125 Å². The first-order chi connectivity index (χ1) is 10.1. The molecule has 0 atom stereocenters. The number of ether oxygens (including phenoxy) is 1. The summed E-state index contributed by atoms with van der Waals surface area (Å²) in [5.74, 6) is -0.720. The monoisotopic (exact) mass is 305 g/mol. The molecular weight excluding hydrogens is 293 g/mol. The number of anilines is 1. The van der Waals surface area contributed by atoms with E-state index in [1.54, 1.807) is 24.3 Å². The molecule has 1 aromatic carbocycles. The molecule has 0 bridgehead atoms. The number of pyridine rings is 1. The van der Waals surface area contributed by atoms with Gasteiger partial charge in [-0.25, -0.2) is 4.39 Å². The predicted molar refractivity (Wildman–Crippen MR) is 80.6 cm³/mol. The van der Waals surface area contributed by atoms with Crippen LogP contribution in [0.15, 0.2) is 42.7 Å². The van der Waals surface area contributed by atoms with E-state index in [1.165, 1.54) is 12.3 Å². The molecule has 21 heavy (non-hydrogen) atoms. The van der Waals surface area contributed by atoms with Gasteiger partial charge >= 0.3 is 0 Å². The van der Waals surface area contributed by atoms with E-state index in [4.69, 9.17) is 22.7 Å². The van der Waals surface area contributed by atoms with Gasteiger partial charge in [0.15, 0.2) is 12.4 Å². The average Bonchev–Trinajstić information content (AvgIpc) is 2.48. The first-order valence-corrected chi connectivity index (χ1v) is 6.39. The van der Waals surface area contributed by atoms with Gasteiger partial charge in [0.05, 0.1) is 17.4 Å². The quantitative estimate of drug-likeness (QED) is 0.825. The van der Waals surface area contributed by atoms with Gasteiger partial charge in [-0.2, -0.15) is 0 Å². The van der Waals surface area contributed by atoms with Crippen LogP contribution in [0.2, 0.25) is 0 Å². The van der Waals surface area contributed by atoms with Gasteiger partial charge in [-0.3, -0.25) is 9.78 Å². The zero-order valence-electron chi connectivity index (χ0n) is 10.9. The van der Waals surface area contributed by atoms with Gasteiger partial charge in [0.1, 0.15) is 10.7 Å². The second-order valence-electron chi connectivity index (χ2n) is 4.05. The highest BCUT2D eigenvalue weighted by Crippen LogP contribution is 2.18. The van der Waals surface area contributed by atoms with Gasteiger partial charge < -0.3 is 15.8 Å². The number of nitrogens with two attached hydrogens (primary N) is 1. The molecule has 2 aromatic rings. The molecule has 3 N–H and O–H groups in total. The van der Waals surface area contributed by atoms with Crippen molar-refractivity contribution in [3.05, 3.63) is 54.1 Å². The number of nitrogens with zero attached hydrogens (tertiary/aromatic N) is 1. The Morgan fingerprint density at radius 2 is 2.14 bits per heavy atom. The summed E-state index contributed by atoms with van der Waals surface area (Å²) in [6.07, 6.45) is 2.39. The predicted octanol–water partition coefficient (Wildman–Crippen LogP) is 1.87. The molecule has 1 heterocycles. The Hall–Kier alpha value is -2.54. The molecule has 0 aliphatic rings. The van der Waals surface area contributed by atoms with Crippen molar-refractivity contribution in [1.82, 2.24) is 4.98 Å². The van der Waals surface area contributed by atoms with Gasteiger partial charge in [-0.15, -0.1) is 0 Å². The second-order valence-corrected chi connectivity index (χ2v) is 4.49. The standard InChI is InChI=1S/C14H12FN3O2S/c15-10-7-17-6-5-11(10)18-13(19)8-20-12-4-2-1-3-9(12)14(16)21/h1-7H,8H2,(H2,16,21)(H,17,18,19). The van der Waals surface area contributed by atoms with Crippen molar-refractivity contribution < 1.29 is 13.9 Å². The molecule has 0 saturated heterocycles. The number of halogens is 1. The maximum atomic E-state index is 13.3. The van der Waals surface area contributed by atoms with Crippen LogP contribution in [0.5, 0.6) is 5.75 Å². The van der Waals surface area contributed by atoms with Crippen LogP contribution in [0, 0.1) is 5.82 Å². The van der Waals surface area contributed by atoms with Crippen molar-refractivity contribution in [3.63, 3.8) is 0 Å². The number of thiocarbonyl (C=S) groups is 1. The van der Waals surface area contributed by atoms with E-state index in [2.05, 4.69) is 10.3 Å². The second kappa shape index (κ2) is 6.76. The highest BCUT2D eigenvalue weighted by atomic mass is 32.1. The highest BCUT2D eigenvalue weighted by Gasteiger charge is 2.10. The van der Waals surface area contributed by atoms with Gasteiger partial charge in [-0.1, -0.05) is 24.4 Å². The number of amides is 1. The Morgan fingerprint density at radius 3 is 2.86 bits per heavy atom. The number of hydrogen-bond donors (Lipinski definition) is 2. The van der Waals surface area contributed by atoms with E-state index < -0.39 is 11.7 Å². The molecule has 0 aliphatic heterocycles. The van der Waals surface area contributed by atoms with Crippen molar-refractivity contribution in [2.24, 2.45) is 5.73 Å². The number of nitrogens with one attached hydrogen (secondary N) is 1. The minimum Gasteiger partial charge on any atom is -0.483 e. The molecule has 2 rings (SSSR count). The lowest BCUT2D eigenvalue weighted by atomic mass is 10.2. The number of aromatic nitrogens is 1. The third-order valence-corrected chi connectivity index (χ3v) is 2.78. The topological polar surface area (TPSA) is 77.2 Å². The zero-order chi connectivity index (χ0) is 15.2. The molecule has 0 spiro atoms. The van der Waals surface area contributed by atoms with E-state index >= 15 is 0 Å². The first kappa shape index (κ1) is 14.9. The third kappa shape index (κ3) is 3.96. The lowest BCUT2D eigenvalue weighted by Gasteiger charge is -2.10. The fourth-order valence-corrected chi connectivity index (χ4v) is 1.77. The van der Waals surface area contributed by atoms with Gasteiger partial charge in [-0.05, 0) is 18.2 Å². The SMILES string of the molecule is NC(=S)c1ccccc1OCC(=O)Nc1ccncc1F. The highest BCUT2D eigenvalue weighted by molar-refractivity contribution is 7.80. The van der Waals surface area contributed by atoms with Crippen LogP contribution < -0.4 is 15.8 Å². The zero-order valence-corrected chi connectivity index (χ0v) is 11.7. The Kier molecular flexibility index (Phi) is 4.78. The molecule has 108 valence electrons. The summed E-state index contributed by atoms with van der Waals surface area (Å²) >= 11 is 4.89. The van der Waals surface area contributed by atoms with Crippen molar-refractivity contribution in [2.75, 3.05) is 11.9 Å². The normalized spacial score (nSPS) is 9.95. The lowest BCUT2D eigenvalue weighted by Crippen LogP contribution is -2.22. The van der Waals surface area contributed by atoms with Crippen LogP contribution in [-0.4, -0.2) is 22.5 Å². The summed E-state index contributed by atoms with van der Waals surface area (Å²) < 4.78 is 18.7.